The number of amides is 1. The molecule has 0 unspecified atom stereocenters. The van der Waals surface area contributed by atoms with Crippen LogP contribution >= 0.6 is 0 Å². The van der Waals surface area contributed by atoms with Crippen LogP contribution in [-0.2, 0) is 15.6 Å². The number of carbonyl (C=O) groups excluding carboxylic acids is 1. The second-order valence-corrected chi connectivity index (χ2v) is 9.43. The van der Waals surface area contributed by atoms with Crippen LogP contribution in [0.4, 0.5) is 18.9 Å². The van der Waals surface area contributed by atoms with E-state index in [1.54, 1.807) is 6.92 Å². The van der Waals surface area contributed by atoms with Crippen molar-refractivity contribution < 1.29 is 37.3 Å². The molecule has 3 aliphatic rings. The number of aromatic nitrogens is 1. The molecule has 0 bridgehead atoms. The number of carbonyl (C=O) groups is 1. The summed E-state index contributed by atoms with van der Waals surface area (Å²) in [4.78, 5) is 16.5. The van der Waals surface area contributed by atoms with E-state index in [4.69, 9.17) is 4.74 Å². The first-order chi connectivity index (χ1) is 16.1. The lowest BCUT2D eigenvalue weighted by Crippen LogP contribution is -2.39. The van der Waals surface area contributed by atoms with E-state index in [1.807, 2.05) is 6.07 Å². The van der Waals surface area contributed by atoms with Crippen molar-refractivity contribution in [3.63, 3.8) is 0 Å². The molecule has 1 saturated carbocycles. The Morgan fingerprint density at radius 1 is 1.12 bits per heavy atom. The zero-order valence-electron chi connectivity index (χ0n) is 18.1. The molecule has 34 heavy (non-hydrogen) atoms. The van der Waals surface area contributed by atoms with E-state index in [0.29, 0.717) is 16.5 Å². The highest BCUT2D eigenvalue weighted by Crippen LogP contribution is 2.50. The molecule has 0 radical (unpaired) electrons. The minimum atomic E-state index is -3.79. The number of rotatable bonds is 4. The molecule has 2 aliphatic heterocycles. The van der Waals surface area contributed by atoms with Gasteiger partial charge in [0.25, 0.3) is 0 Å². The zero-order valence-corrected chi connectivity index (χ0v) is 18.1. The fraction of sp³-hybridized carbons (Fsp3) is 0.375. The van der Waals surface area contributed by atoms with Crippen LogP contribution in [0.5, 0.6) is 17.2 Å². The maximum Gasteiger partial charge on any atom is 0.586 e. The monoisotopic (exact) mass is 474 g/mol. The number of ether oxygens (including phenoxy) is 3. The van der Waals surface area contributed by atoms with Gasteiger partial charge in [0.2, 0.25) is 5.91 Å². The Morgan fingerprint density at radius 3 is 2.53 bits per heavy atom. The number of halogens is 3. The summed E-state index contributed by atoms with van der Waals surface area (Å²) < 4.78 is 56.3. The number of aromatic amines is 1. The predicted molar refractivity (Wildman–Crippen MR) is 115 cm³/mol. The molecule has 1 amide bonds. The van der Waals surface area contributed by atoms with Crippen molar-refractivity contribution in [2.45, 2.75) is 43.3 Å². The van der Waals surface area contributed by atoms with Crippen LogP contribution in [0.15, 0.2) is 30.3 Å². The van der Waals surface area contributed by atoms with Crippen LogP contribution in [-0.4, -0.2) is 35.5 Å². The van der Waals surface area contributed by atoms with Crippen molar-refractivity contribution in [2.24, 2.45) is 0 Å². The number of alkyl halides is 2. The lowest BCUT2D eigenvalue weighted by molar-refractivity contribution is -0.286. The van der Waals surface area contributed by atoms with E-state index in [1.165, 1.54) is 24.3 Å². The Morgan fingerprint density at radius 2 is 1.85 bits per heavy atom. The van der Waals surface area contributed by atoms with Crippen LogP contribution in [0.2, 0.25) is 0 Å². The summed E-state index contributed by atoms with van der Waals surface area (Å²) in [6.07, 6.45) is -1.07. The lowest BCUT2D eigenvalue weighted by Gasteiger charge is -2.39. The number of anilines is 1. The third-order valence-corrected chi connectivity index (χ3v) is 7.26. The Hall–Kier alpha value is -3.40. The molecule has 3 aromatic rings. The minimum absolute atomic E-state index is 0.00799. The van der Waals surface area contributed by atoms with E-state index in [2.05, 4.69) is 19.8 Å². The fourth-order valence-electron chi connectivity index (χ4n) is 4.93. The van der Waals surface area contributed by atoms with Crippen molar-refractivity contribution >= 4 is 22.5 Å². The number of benzene rings is 2. The average molecular weight is 474 g/mol. The first-order valence-electron chi connectivity index (χ1n) is 10.9. The maximum absolute atomic E-state index is 14.9. The largest absolute Gasteiger partial charge is 0.586 e. The number of nitrogens with one attached hydrogen (secondary N) is 2. The first-order valence-corrected chi connectivity index (χ1v) is 10.9. The smallest absolute Gasteiger partial charge is 0.492 e. The topological polar surface area (TPSA) is 92.8 Å². The van der Waals surface area contributed by atoms with Crippen LogP contribution in [0, 0.1) is 5.82 Å². The summed E-state index contributed by atoms with van der Waals surface area (Å²) in [6.45, 7) is 1.53. The van der Waals surface area contributed by atoms with Gasteiger partial charge in [0.15, 0.2) is 11.5 Å². The quantitative estimate of drug-likeness (QED) is 0.524. The third-order valence-electron chi connectivity index (χ3n) is 7.26. The first kappa shape index (κ1) is 21.2. The molecule has 10 heteroatoms. The number of aliphatic hydroxyl groups is 1. The number of H-pyrrole nitrogens is 1. The predicted octanol–water partition coefficient (Wildman–Crippen LogP) is 4.33. The maximum atomic E-state index is 14.9. The standard InChI is InChI=1S/C24H21F3N2O5/c1-22(11-32-17-9-19-18(7-13(17)22)33-24(26,27)34-19)21(31)29-16-5-12-6-20(23(10-30)3-2-4-23)28-15(12)8-14(16)25/h5-9,28,30H,2-4,10-11H2,1H3,(H,29,31)/t22-/m0/s1. The summed E-state index contributed by atoms with van der Waals surface area (Å²) in [6, 6.07) is 7.27. The van der Waals surface area contributed by atoms with Gasteiger partial charge in [-0.05, 0) is 38.0 Å². The number of aliphatic hydroxyl groups excluding tert-OH is 1. The molecule has 1 aromatic heterocycles. The van der Waals surface area contributed by atoms with Gasteiger partial charge in [-0.25, -0.2) is 4.39 Å². The van der Waals surface area contributed by atoms with Crippen molar-refractivity contribution in [3.8, 4) is 17.2 Å². The Labute approximate surface area is 191 Å². The Kier molecular flexibility index (Phi) is 4.24. The van der Waals surface area contributed by atoms with Crippen LogP contribution in [0.1, 0.15) is 37.4 Å². The Balaban J connectivity index is 1.30. The highest BCUT2D eigenvalue weighted by molar-refractivity contribution is 6.01. The minimum Gasteiger partial charge on any atom is -0.492 e. The van der Waals surface area contributed by atoms with Gasteiger partial charge in [0.05, 0.1) is 12.3 Å². The van der Waals surface area contributed by atoms with E-state index in [-0.39, 0.29) is 41.6 Å². The summed E-state index contributed by atoms with van der Waals surface area (Å²) in [5.41, 5.74) is 0.127. The molecular weight excluding hydrogens is 453 g/mol. The van der Waals surface area contributed by atoms with Gasteiger partial charge < -0.3 is 29.6 Å². The summed E-state index contributed by atoms with van der Waals surface area (Å²) in [7, 11) is 0. The number of hydrogen-bond acceptors (Lipinski definition) is 5. The van der Waals surface area contributed by atoms with Crippen molar-refractivity contribution in [1.29, 1.82) is 0 Å². The van der Waals surface area contributed by atoms with Gasteiger partial charge in [0, 0.05) is 39.7 Å². The average Bonchev–Trinajstić information content (AvgIpc) is 3.39. The molecule has 6 rings (SSSR count). The Bertz CT molecular complexity index is 1340. The fourth-order valence-corrected chi connectivity index (χ4v) is 4.93. The van der Waals surface area contributed by atoms with Crippen molar-refractivity contribution in [3.05, 3.63) is 47.4 Å². The van der Waals surface area contributed by atoms with Gasteiger partial charge in [0.1, 0.15) is 23.6 Å². The van der Waals surface area contributed by atoms with Gasteiger partial charge in [-0.2, -0.15) is 0 Å². The van der Waals surface area contributed by atoms with Crippen molar-refractivity contribution in [1.82, 2.24) is 4.98 Å². The van der Waals surface area contributed by atoms with E-state index in [0.717, 1.165) is 25.0 Å². The lowest BCUT2D eigenvalue weighted by atomic mass is 9.67. The van der Waals surface area contributed by atoms with E-state index < -0.39 is 23.4 Å². The van der Waals surface area contributed by atoms with Gasteiger partial charge in [-0.3, -0.25) is 4.79 Å². The van der Waals surface area contributed by atoms with Crippen LogP contribution in [0.3, 0.4) is 0 Å². The van der Waals surface area contributed by atoms with Gasteiger partial charge >= 0.3 is 6.29 Å². The van der Waals surface area contributed by atoms with Gasteiger partial charge in [-0.1, -0.05) is 6.42 Å². The number of fused-ring (bicyclic) bond motifs is 3. The highest BCUT2D eigenvalue weighted by Gasteiger charge is 2.49. The second-order valence-electron chi connectivity index (χ2n) is 9.43. The molecule has 2 aromatic carbocycles. The zero-order chi connectivity index (χ0) is 23.9. The molecule has 3 heterocycles. The molecule has 1 atom stereocenters. The number of hydrogen-bond donors (Lipinski definition) is 3. The molecular formula is C24H21F3N2O5. The van der Waals surface area contributed by atoms with Crippen LogP contribution in [0.25, 0.3) is 10.9 Å². The van der Waals surface area contributed by atoms with Gasteiger partial charge in [-0.15, -0.1) is 8.78 Å². The second kappa shape index (κ2) is 6.82. The van der Waals surface area contributed by atoms with E-state index >= 15 is 0 Å². The molecule has 178 valence electrons. The highest BCUT2D eigenvalue weighted by atomic mass is 19.3. The van der Waals surface area contributed by atoms with E-state index in [9.17, 15) is 23.1 Å². The van der Waals surface area contributed by atoms with Crippen molar-refractivity contribution in [2.75, 3.05) is 18.5 Å². The SMILES string of the molecule is C[C@]1(C(=O)Nc2cc3cc(C4(CO)CCC4)[nH]c3cc2F)COc2cc3c(cc21)OC(F)(F)O3. The van der Waals surface area contributed by atoms with Crippen LogP contribution < -0.4 is 19.5 Å². The summed E-state index contributed by atoms with van der Waals surface area (Å²) >= 11 is 0. The summed E-state index contributed by atoms with van der Waals surface area (Å²) in [5.74, 6) is -1.35. The normalized spacial score (nSPS) is 23.3. The molecule has 1 fully saturated rings. The third kappa shape index (κ3) is 2.97. The molecule has 3 N–H and O–H groups in total. The molecule has 0 saturated heterocycles. The molecule has 0 spiro atoms. The molecule has 1 aliphatic carbocycles. The summed E-state index contributed by atoms with van der Waals surface area (Å²) in [5, 5.41) is 13.2. The molecule has 7 nitrogen and oxygen atoms in total.